The van der Waals surface area contributed by atoms with Crippen LogP contribution in [-0.2, 0) is 16.2 Å². The van der Waals surface area contributed by atoms with Crippen LogP contribution in [0.1, 0.15) is 43.9 Å². The molecular weight excluding hydrogens is 672 g/mol. The Morgan fingerprint density at radius 3 is 2.65 bits per heavy atom. The zero-order valence-corrected chi connectivity index (χ0v) is 29.1. The monoisotopic (exact) mass is 716 g/mol. The number of anilines is 1. The minimum absolute atomic E-state index is 0.0908. The molecule has 5 N–H and O–H groups in total. The molecule has 52 heavy (non-hydrogen) atoms. The Morgan fingerprint density at radius 1 is 1.12 bits per heavy atom. The van der Waals surface area contributed by atoms with Gasteiger partial charge in [-0.05, 0) is 51.0 Å². The highest BCUT2D eigenvalue weighted by atomic mass is 17.2. The van der Waals surface area contributed by atoms with Crippen molar-refractivity contribution in [1.29, 1.82) is 0 Å². The van der Waals surface area contributed by atoms with Crippen molar-refractivity contribution < 1.29 is 44.5 Å². The third kappa shape index (κ3) is 5.82. The van der Waals surface area contributed by atoms with Crippen molar-refractivity contribution in [2.75, 3.05) is 37.7 Å². The predicted molar refractivity (Wildman–Crippen MR) is 191 cm³/mol. The molecule has 6 heterocycles. The number of benzene rings is 1. The molecule has 5 aliphatic heterocycles. The van der Waals surface area contributed by atoms with Gasteiger partial charge >= 0.3 is 0 Å². The highest BCUT2D eigenvalue weighted by Gasteiger charge is 2.52. The quantitative estimate of drug-likeness (QED) is 0.159. The minimum Gasteiger partial charge on any atom is -0.482 e. The Hall–Kier alpha value is -4.15. The molecule has 0 saturated heterocycles. The predicted octanol–water partition coefficient (Wildman–Crippen LogP) is 1.95. The summed E-state index contributed by atoms with van der Waals surface area (Å²) < 4.78 is 13.3. The van der Waals surface area contributed by atoms with Crippen molar-refractivity contribution in [3.05, 3.63) is 80.8 Å². The molecule has 0 radical (unpaired) electrons. The number of fused-ring (bicyclic) bond motifs is 4. The number of hydrogen-bond acceptors (Lipinski definition) is 14. The Labute approximate surface area is 299 Å². The number of nitrogens with zero attached hydrogens (tertiary/aromatic N) is 4. The van der Waals surface area contributed by atoms with E-state index in [4.69, 9.17) is 18.9 Å². The van der Waals surface area contributed by atoms with Gasteiger partial charge in [0, 0.05) is 54.7 Å². The van der Waals surface area contributed by atoms with Gasteiger partial charge in [0.05, 0.1) is 42.2 Å². The standard InChI is InChI=1S/C38H44N4O10/c1-21-13-29(44)25-14-23-15-32(52-49-19-31(46)38(48,36(47)30(45)18-43)20-41-12-9-26-28(41)8-11-39-26)37(2,24-5-3-4-6-24)51-34(23)33(35(25)50-21)42-16-22-7-10-40-27(22)17-42/h7-11,13-14,17,24,30-32,36,43,45-48H,3-6,12,15-16,18-20H2,1-2H3/t30-,31+,32-,36-,37-,38-/m1/s1. The van der Waals surface area contributed by atoms with Crippen molar-refractivity contribution >= 4 is 29.1 Å². The van der Waals surface area contributed by atoms with Crippen LogP contribution < -0.4 is 15.1 Å². The van der Waals surface area contributed by atoms with Gasteiger partial charge in [0.1, 0.15) is 53.7 Å². The van der Waals surface area contributed by atoms with E-state index in [2.05, 4.69) is 9.98 Å². The second kappa shape index (κ2) is 13.4. The maximum atomic E-state index is 13.4. The van der Waals surface area contributed by atoms with E-state index in [1.807, 2.05) is 30.2 Å². The smallest absolute Gasteiger partial charge is 0.193 e. The maximum Gasteiger partial charge on any atom is 0.193 e. The van der Waals surface area contributed by atoms with Crippen LogP contribution in [0.25, 0.3) is 11.0 Å². The lowest BCUT2D eigenvalue weighted by molar-refractivity contribution is -0.368. The molecule has 1 aliphatic carbocycles. The second-order valence-electron chi connectivity index (χ2n) is 14.8. The molecule has 0 unspecified atom stereocenters. The largest absolute Gasteiger partial charge is 0.482 e. The van der Waals surface area contributed by atoms with Crippen LogP contribution in [0.15, 0.2) is 78.4 Å². The van der Waals surface area contributed by atoms with Crippen molar-refractivity contribution in [2.45, 2.75) is 81.6 Å². The van der Waals surface area contributed by atoms with Gasteiger partial charge in [-0.3, -0.25) is 14.8 Å². The van der Waals surface area contributed by atoms with Crippen LogP contribution in [0.4, 0.5) is 5.69 Å². The van der Waals surface area contributed by atoms with E-state index < -0.39 is 48.8 Å². The lowest BCUT2D eigenvalue weighted by atomic mass is 9.78. The fourth-order valence-electron chi connectivity index (χ4n) is 8.44. The molecule has 1 aromatic heterocycles. The molecule has 1 saturated carbocycles. The van der Waals surface area contributed by atoms with Crippen LogP contribution in [0.5, 0.6) is 5.75 Å². The first-order valence-electron chi connectivity index (χ1n) is 17.9. The van der Waals surface area contributed by atoms with E-state index in [-0.39, 0.29) is 17.9 Å². The highest BCUT2D eigenvalue weighted by Crippen LogP contribution is 2.51. The summed E-state index contributed by atoms with van der Waals surface area (Å²) in [4.78, 5) is 37.7. The lowest BCUT2D eigenvalue weighted by Crippen LogP contribution is -2.63. The van der Waals surface area contributed by atoms with Crippen molar-refractivity contribution in [1.82, 2.24) is 4.90 Å². The number of allylic oxidation sites excluding steroid dienone is 2. The highest BCUT2D eigenvalue weighted by molar-refractivity contribution is 5.96. The Balaban J connectivity index is 1.09. The van der Waals surface area contributed by atoms with Gasteiger partial charge in [-0.15, -0.1) is 0 Å². The van der Waals surface area contributed by atoms with Gasteiger partial charge in [0.25, 0.3) is 0 Å². The maximum absolute atomic E-state index is 13.4. The van der Waals surface area contributed by atoms with Gasteiger partial charge in [-0.25, -0.2) is 9.78 Å². The molecule has 0 bridgehead atoms. The number of aryl methyl sites for hydroxylation is 1. The van der Waals surface area contributed by atoms with Crippen LogP contribution in [0.2, 0.25) is 0 Å². The number of ether oxygens (including phenoxy) is 1. The van der Waals surface area contributed by atoms with Crippen LogP contribution in [0, 0.1) is 12.8 Å². The lowest BCUT2D eigenvalue weighted by Gasteiger charge is -2.46. The summed E-state index contributed by atoms with van der Waals surface area (Å²) in [6.45, 7) is 2.92. The zero-order chi connectivity index (χ0) is 36.4. The van der Waals surface area contributed by atoms with Gasteiger partial charge in [0.15, 0.2) is 16.8 Å². The summed E-state index contributed by atoms with van der Waals surface area (Å²) in [6, 6.07) is 3.25. The number of aliphatic imine (C=N–C) groups is 2. The Morgan fingerprint density at radius 2 is 1.88 bits per heavy atom. The first kappa shape index (κ1) is 34.9. The summed E-state index contributed by atoms with van der Waals surface area (Å²) in [7, 11) is 0. The van der Waals surface area contributed by atoms with Crippen molar-refractivity contribution in [3.8, 4) is 5.75 Å². The van der Waals surface area contributed by atoms with Crippen LogP contribution >= 0.6 is 0 Å². The van der Waals surface area contributed by atoms with Gasteiger partial charge in [-0.1, -0.05) is 12.8 Å². The minimum atomic E-state index is -2.34. The molecule has 0 amide bonds. The number of β-amino-alcohol motifs (C(OH)–C–C–N with tert-alkyl or cyclic N) is 1. The van der Waals surface area contributed by atoms with Gasteiger partial charge in [-0.2, -0.15) is 0 Å². The molecule has 0 spiro atoms. The van der Waals surface area contributed by atoms with E-state index in [9.17, 15) is 30.3 Å². The molecule has 8 rings (SSSR count). The molecule has 14 nitrogen and oxygen atoms in total. The Kier molecular flexibility index (Phi) is 8.97. The second-order valence-corrected chi connectivity index (χ2v) is 14.8. The number of aliphatic hydroxyl groups excluding tert-OH is 4. The molecule has 14 heteroatoms. The summed E-state index contributed by atoms with van der Waals surface area (Å²) >= 11 is 0. The summed E-state index contributed by atoms with van der Waals surface area (Å²) in [5.74, 6) is 1.17. The molecule has 1 aromatic carbocycles. The van der Waals surface area contributed by atoms with E-state index >= 15 is 0 Å². The third-order valence-corrected chi connectivity index (χ3v) is 11.5. The van der Waals surface area contributed by atoms with Crippen molar-refractivity contribution in [3.63, 3.8) is 0 Å². The van der Waals surface area contributed by atoms with Crippen LogP contribution in [0.3, 0.4) is 0 Å². The average molecular weight is 717 g/mol. The van der Waals surface area contributed by atoms with E-state index in [1.54, 1.807) is 36.4 Å². The molecule has 6 aliphatic rings. The normalized spacial score (nSPS) is 26.4. The first-order valence-corrected chi connectivity index (χ1v) is 17.9. The molecule has 276 valence electrons. The summed E-state index contributed by atoms with van der Waals surface area (Å²) in [6.07, 6.45) is 8.91. The Bertz CT molecular complexity index is 2010. The van der Waals surface area contributed by atoms with Crippen molar-refractivity contribution in [2.24, 2.45) is 15.9 Å². The molecule has 2 aromatic rings. The zero-order valence-electron chi connectivity index (χ0n) is 29.1. The SMILES string of the molecule is Cc1cc(=O)c2cc3c(c(N4C=C5N=CC=C5C4)c2o1)O[C@](C)(C1CCCC1)[C@H](OOC[C@H](O)[C@](O)(CN1CC=C2N=CC=C21)[C@H](O)[C@H](O)CO)C3. The van der Waals surface area contributed by atoms with E-state index in [0.717, 1.165) is 42.5 Å². The molecule has 1 fully saturated rings. The van der Waals surface area contributed by atoms with Crippen LogP contribution in [-0.4, -0.2) is 111 Å². The fraction of sp³-hybridized carbons (Fsp3) is 0.500. The van der Waals surface area contributed by atoms with Gasteiger partial charge in [0.2, 0.25) is 0 Å². The molecular formula is C38H44N4O10. The van der Waals surface area contributed by atoms with Gasteiger partial charge < -0.3 is 44.5 Å². The number of hydrogen-bond donors (Lipinski definition) is 5. The number of aliphatic hydroxyl groups is 5. The summed E-state index contributed by atoms with van der Waals surface area (Å²) in [5.41, 5.74) is 1.67. The fourth-order valence-corrected chi connectivity index (χ4v) is 8.44. The van der Waals surface area contributed by atoms with E-state index in [0.29, 0.717) is 59.1 Å². The number of rotatable bonds is 12. The topological polar surface area (TPSA) is 190 Å². The third-order valence-electron chi connectivity index (χ3n) is 11.5. The molecule has 6 atom stereocenters. The van der Waals surface area contributed by atoms with E-state index in [1.165, 1.54) is 6.07 Å². The summed E-state index contributed by atoms with van der Waals surface area (Å²) in [5, 5.41) is 54.6. The average Bonchev–Trinajstić information content (AvgIpc) is 3.96. The first-order chi connectivity index (χ1) is 25.0.